The second-order valence-corrected chi connectivity index (χ2v) is 6.94. The smallest absolute Gasteiger partial charge is 0.275 e. The topological polar surface area (TPSA) is 84.3 Å². The van der Waals surface area contributed by atoms with Gasteiger partial charge in [0.1, 0.15) is 0 Å². The molecule has 0 aliphatic carbocycles. The van der Waals surface area contributed by atoms with Gasteiger partial charge in [-0.2, -0.15) is 5.10 Å². The van der Waals surface area contributed by atoms with Crippen LogP contribution in [0.25, 0.3) is 10.8 Å². The van der Waals surface area contributed by atoms with E-state index in [1.54, 1.807) is 42.5 Å². The number of nitrogens with zero attached hydrogens (tertiary/aromatic N) is 3. The van der Waals surface area contributed by atoms with Crippen molar-refractivity contribution >= 4 is 51.5 Å². The van der Waals surface area contributed by atoms with Crippen molar-refractivity contribution in [3.8, 4) is 0 Å². The molecule has 1 N–H and O–H groups in total. The van der Waals surface area contributed by atoms with Gasteiger partial charge in [-0.05, 0) is 18.2 Å². The first-order valence-electron chi connectivity index (χ1n) is 8.25. The minimum atomic E-state index is -0.493. The molecule has 0 radical (unpaired) electrons. The third-order valence-electron chi connectivity index (χ3n) is 4.11. The molecule has 1 aromatic heterocycles. The molecule has 28 heavy (non-hydrogen) atoms. The number of carbonyl (C=O) groups is 2. The molecule has 0 aliphatic heterocycles. The van der Waals surface area contributed by atoms with Gasteiger partial charge in [-0.3, -0.25) is 14.4 Å². The fourth-order valence-electron chi connectivity index (χ4n) is 2.72. The van der Waals surface area contributed by atoms with Crippen LogP contribution in [0, 0.1) is 0 Å². The van der Waals surface area contributed by atoms with Crippen molar-refractivity contribution < 1.29 is 9.59 Å². The van der Waals surface area contributed by atoms with Crippen LogP contribution < -0.4 is 10.9 Å². The van der Waals surface area contributed by atoms with Crippen molar-refractivity contribution in [2.45, 2.75) is 0 Å². The van der Waals surface area contributed by atoms with Crippen molar-refractivity contribution in [1.29, 1.82) is 0 Å². The maximum Gasteiger partial charge on any atom is 0.275 e. The highest BCUT2D eigenvalue weighted by atomic mass is 35.5. The molecule has 0 saturated carbocycles. The standard InChI is InChI=1S/C19H16Cl2N4O3/c1-24(10-15(26)22-17-13(20)8-5-9-14(17)21)19(28)16-11-6-3-4-7-12(11)18(27)25(2)23-16/h3-9H,10H2,1-2H3,(H,22,26). The van der Waals surface area contributed by atoms with E-state index in [9.17, 15) is 14.4 Å². The van der Waals surface area contributed by atoms with Crippen molar-refractivity contribution in [3.63, 3.8) is 0 Å². The fourth-order valence-corrected chi connectivity index (χ4v) is 3.21. The number of carbonyl (C=O) groups excluding carboxylic acids is 2. The molecule has 2 aromatic carbocycles. The Kier molecular flexibility index (Phi) is 5.67. The van der Waals surface area contributed by atoms with E-state index in [1.165, 1.54) is 19.0 Å². The second kappa shape index (κ2) is 8.00. The third kappa shape index (κ3) is 3.85. The van der Waals surface area contributed by atoms with Gasteiger partial charge in [-0.15, -0.1) is 0 Å². The average molecular weight is 419 g/mol. The molecule has 0 bridgehead atoms. The minimum absolute atomic E-state index is 0.0868. The van der Waals surface area contributed by atoms with Gasteiger partial charge in [-0.1, -0.05) is 47.5 Å². The Hall–Kier alpha value is -2.90. The number of aromatic nitrogens is 2. The lowest BCUT2D eigenvalue weighted by molar-refractivity contribution is -0.116. The second-order valence-electron chi connectivity index (χ2n) is 6.13. The third-order valence-corrected chi connectivity index (χ3v) is 4.74. The summed E-state index contributed by atoms with van der Waals surface area (Å²) in [6.07, 6.45) is 0. The van der Waals surface area contributed by atoms with E-state index in [0.717, 1.165) is 4.68 Å². The number of benzene rings is 2. The lowest BCUT2D eigenvalue weighted by Gasteiger charge is -2.18. The molecule has 7 nitrogen and oxygen atoms in total. The minimum Gasteiger partial charge on any atom is -0.331 e. The van der Waals surface area contributed by atoms with E-state index in [0.29, 0.717) is 20.8 Å². The zero-order valence-corrected chi connectivity index (χ0v) is 16.6. The Balaban J connectivity index is 1.84. The van der Waals surface area contributed by atoms with E-state index in [4.69, 9.17) is 23.2 Å². The number of halogens is 2. The maximum absolute atomic E-state index is 12.9. The van der Waals surface area contributed by atoms with Crippen LogP contribution in [0.1, 0.15) is 10.5 Å². The van der Waals surface area contributed by atoms with Gasteiger partial charge in [0.15, 0.2) is 5.69 Å². The van der Waals surface area contributed by atoms with Crippen LogP contribution in [0.4, 0.5) is 5.69 Å². The zero-order valence-electron chi connectivity index (χ0n) is 15.1. The molecule has 3 aromatic rings. The summed E-state index contributed by atoms with van der Waals surface area (Å²) in [5, 5.41) is 8.07. The molecule has 0 atom stereocenters. The summed E-state index contributed by atoms with van der Waals surface area (Å²) in [6, 6.07) is 11.6. The first-order chi connectivity index (χ1) is 13.3. The summed E-state index contributed by atoms with van der Waals surface area (Å²) in [7, 11) is 2.94. The van der Waals surface area contributed by atoms with Crippen LogP contribution in [0.2, 0.25) is 10.0 Å². The lowest BCUT2D eigenvalue weighted by atomic mass is 10.1. The number of para-hydroxylation sites is 1. The molecule has 3 rings (SSSR count). The SMILES string of the molecule is CN(CC(=O)Nc1c(Cl)cccc1Cl)C(=O)c1nn(C)c(=O)c2ccccc12. The molecule has 0 fully saturated rings. The molecule has 0 aliphatic rings. The van der Waals surface area contributed by atoms with Gasteiger partial charge in [0, 0.05) is 19.5 Å². The fraction of sp³-hybridized carbons (Fsp3) is 0.158. The van der Waals surface area contributed by atoms with Gasteiger partial charge in [0.05, 0.1) is 27.7 Å². The van der Waals surface area contributed by atoms with Gasteiger partial charge in [0.2, 0.25) is 5.91 Å². The Bertz CT molecular complexity index is 1120. The van der Waals surface area contributed by atoms with Crippen LogP contribution in [0.3, 0.4) is 0 Å². The van der Waals surface area contributed by atoms with Gasteiger partial charge in [0.25, 0.3) is 11.5 Å². The summed E-state index contributed by atoms with van der Waals surface area (Å²) >= 11 is 12.1. The predicted molar refractivity (Wildman–Crippen MR) is 109 cm³/mol. The number of hydrogen-bond donors (Lipinski definition) is 1. The largest absolute Gasteiger partial charge is 0.331 e. The van der Waals surface area contributed by atoms with Crippen molar-refractivity contribution in [1.82, 2.24) is 14.7 Å². The number of nitrogens with one attached hydrogen (secondary N) is 1. The number of likely N-dealkylation sites (N-methyl/N-ethyl adjacent to an activating group) is 1. The van der Waals surface area contributed by atoms with E-state index in [-0.39, 0.29) is 23.5 Å². The Morgan fingerprint density at radius 3 is 2.32 bits per heavy atom. The molecule has 2 amide bonds. The summed E-state index contributed by atoms with van der Waals surface area (Å²) in [4.78, 5) is 38.6. The van der Waals surface area contributed by atoms with Gasteiger partial charge in [-0.25, -0.2) is 4.68 Å². The van der Waals surface area contributed by atoms with Crippen molar-refractivity contribution in [2.24, 2.45) is 7.05 Å². The highest BCUT2D eigenvalue weighted by molar-refractivity contribution is 6.39. The molecule has 1 heterocycles. The van der Waals surface area contributed by atoms with Gasteiger partial charge >= 0.3 is 0 Å². The van der Waals surface area contributed by atoms with Crippen LogP contribution in [0.15, 0.2) is 47.3 Å². The predicted octanol–water partition coefficient (Wildman–Crippen LogP) is 2.95. The Labute approximate surface area is 170 Å². The molecule has 0 spiro atoms. The van der Waals surface area contributed by atoms with E-state index >= 15 is 0 Å². The molecule has 0 saturated heterocycles. The first kappa shape index (κ1) is 19.9. The maximum atomic E-state index is 12.9. The monoisotopic (exact) mass is 418 g/mol. The van der Waals surface area contributed by atoms with E-state index < -0.39 is 11.8 Å². The highest BCUT2D eigenvalue weighted by Gasteiger charge is 2.21. The molecular formula is C19H16Cl2N4O3. The summed E-state index contributed by atoms with van der Waals surface area (Å²) in [5.74, 6) is -0.966. The number of amides is 2. The van der Waals surface area contributed by atoms with Crippen LogP contribution in [0.5, 0.6) is 0 Å². The normalized spacial score (nSPS) is 10.7. The quantitative estimate of drug-likeness (QED) is 0.705. The number of anilines is 1. The zero-order chi connectivity index (χ0) is 20.4. The Morgan fingerprint density at radius 1 is 1.07 bits per heavy atom. The van der Waals surface area contributed by atoms with Crippen molar-refractivity contribution in [3.05, 3.63) is 68.6 Å². The number of hydrogen-bond acceptors (Lipinski definition) is 4. The molecular weight excluding hydrogens is 403 g/mol. The average Bonchev–Trinajstić information content (AvgIpc) is 2.67. The first-order valence-corrected chi connectivity index (χ1v) is 9.00. The van der Waals surface area contributed by atoms with Crippen LogP contribution in [-0.4, -0.2) is 40.1 Å². The van der Waals surface area contributed by atoms with Crippen molar-refractivity contribution in [2.75, 3.05) is 18.9 Å². The van der Waals surface area contributed by atoms with Gasteiger partial charge < -0.3 is 10.2 Å². The highest BCUT2D eigenvalue weighted by Crippen LogP contribution is 2.29. The number of rotatable bonds is 4. The number of aryl methyl sites for hydroxylation is 1. The number of fused-ring (bicyclic) bond motifs is 1. The molecule has 0 unspecified atom stereocenters. The molecule has 144 valence electrons. The summed E-state index contributed by atoms with van der Waals surface area (Å²) in [6.45, 7) is -0.251. The summed E-state index contributed by atoms with van der Waals surface area (Å²) in [5.41, 5.74) is 0.0621. The van der Waals surface area contributed by atoms with E-state index in [2.05, 4.69) is 10.4 Å². The summed E-state index contributed by atoms with van der Waals surface area (Å²) < 4.78 is 1.10. The van der Waals surface area contributed by atoms with Crippen LogP contribution in [-0.2, 0) is 11.8 Å². The lowest BCUT2D eigenvalue weighted by Crippen LogP contribution is -2.36. The Morgan fingerprint density at radius 2 is 1.68 bits per heavy atom. The van der Waals surface area contributed by atoms with E-state index in [1.807, 2.05) is 0 Å². The molecule has 9 heteroatoms. The van der Waals surface area contributed by atoms with Crippen LogP contribution >= 0.6 is 23.2 Å².